The highest BCUT2D eigenvalue weighted by Gasteiger charge is 2.23. The van der Waals surface area contributed by atoms with Crippen molar-refractivity contribution in [2.24, 2.45) is 5.73 Å². The van der Waals surface area contributed by atoms with Crippen LogP contribution in [0.25, 0.3) is 0 Å². The molecular weight excluding hydrogens is 256 g/mol. The molecule has 0 saturated carbocycles. The first-order chi connectivity index (χ1) is 6.34. The Morgan fingerprint density at radius 2 is 2.00 bits per heavy atom. The third-order valence-corrected chi connectivity index (χ3v) is 1.80. The minimum atomic E-state index is -1.29. The van der Waals surface area contributed by atoms with Gasteiger partial charge >= 0.3 is 5.97 Å². The van der Waals surface area contributed by atoms with E-state index in [2.05, 4.69) is 21.2 Å². The fraction of sp³-hybridized carbons (Fsp3) is 0.571. The number of hydrogen-bond donors (Lipinski definition) is 3. The summed E-state index contributed by atoms with van der Waals surface area (Å²) in [6.45, 7) is 1.54. The quantitative estimate of drug-likeness (QED) is 0.567. The molecule has 0 aliphatic carbocycles. The maximum atomic E-state index is 11.1. The molecule has 0 radical (unpaired) electrons. The summed E-state index contributed by atoms with van der Waals surface area (Å²) in [5.74, 6) is -2.57. The molecule has 2 unspecified atom stereocenters. The zero-order valence-corrected chi connectivity index (χ0v) is 9.08. The van der Waals surface area contributed by atoms with Gasteiger partial charge in [-0.15, -0.1) is 0 Å². The van der Waals surface area contributed by atoms with E-state index in [-0.39, 0.29) is 0 Å². The number of rotatable bonds is 5. The van der Waals surface area contributed by atoms with Gasteiger partial charge in [-0.2, -0.15) is 0 Å². The minimum Gasteiger partial charge on any atom is -0.480 e. The lowest BCUT2D eigenvalue weighted by Gasteiger charge is -2.13. The highest BCUT2D eigenvalue weighted by Crippen LogP contribution is 1.99. The van der Waals surface area contributed by atoms with Crippen molar-refractivity contribution in [1.82, 2.24) is 5.32 Å². The van der Waals surface area contributed by atoms with Crippen LogP contribution in [0.15, 0.2) is 0 Å². The summed E-state index contributed by atoms with van der Waals surface area (Å²) in [5.41, 5.74) is 4.82. The number of aliphatic carboxylic acids is 1. The molecule has 6 nitrogen and oxygen atoms in total. The Kier molecular flexibility index (Phi) is 5.14. The SMILES string of the molecule is CC(Br)C(=O)NC(CC(N)=O)C(=O)O. The molecule has 2 atom stereocenters. The van der Waals surface area contributed by atoms with E-state index in [9.17, 15) is 14.4 Å². The van der Waals surface area contributed by atoms with Gasteiger partial charge in [0.05, 0.1) is 11.2 Å². The van der Waals surface area contributed by atoms with Crippen LogP contribution in [0.1, 0.15) is 13.3 Å². The molecule has 2 amide bonds. The van der Waals surface area contributed by atoms with E-state index in [1.54, 1.807) is 6.92 Å². The molecule has 0 saturated heterocycles. The highest BCUT2D eigenvalue weighted by molar-refractivity contribution is 9.10. The van der Waals surface area contributed by atoms with E-state index in [4.69, 9.17) is 10.8 Å². The second kappa shape index (κ2) is 5.58. The molecule has 4 N–H and O–H groups in total. The number of carbonyl (C=O) groups excluding carboxylic acids is 2. The monoisotopic (exact) mass is 266 g/mol. The number of amides is 2. The largest absolute Gasteiger partial charge is 0.480 e. The van der Waals surface area contributed by atoms with Crippen LogP contribution in [0.4, 0.5) is 0 Å². The van der Waals surface area contributed by atoms with Crippen LogP contribution in [0.2, 0.25) is 0 Å². The summed E-state index contributed by atoms with van der Waals surface area (Å²) in [6, 6.07) is -1.26. The highest BCUT2D eigenvalue weighted by atomic mass is 79.9. The molecule has 0 heterocycles. The average molecular weight is 267 g/mol. The molecule has 0 fully saturated rings. The fourth-order valence-electron chi connectivity index (χ4n) is 0.688. The Hall–Kier alpha value is -1.11. The van der Waals surface area contributed by atoms with Crippen molar-refractivity contribution in [3.8, 4) is 0 Å². The number of carbonyl (C=O) groups is 3. The van der Waals surface area contributed by atoms with E-state index < -0.39 is 35.1 Å². The van der Waals surface area contributed by atoms with Gasteiger partial charge < -0.3 is 16.2 Å². The lowest BCUT2D eigenvalue weighted by Crippen LogP contribution is -2.45. The summed E-state index contributed by atoms with van der Waals surface area (Å²) in [4.78, 5) is 31.6. The topological polar surface area (TPSA) is 109 Å². The molecule has 0 aromatic heterocycles. The normalized spacial score (nSPS) is 14.1. The molecule has 0 aromatic carbocycles. The van der Waals surface area contributed by atoms with Gasteiger partial charge in [0, 0.05) is 0 Å². The first kappa shape index (κ1) is 12.9. The number of nitrogens with two attached hydrogens (primary N) is 1. The second-order valence-corrected chi connectivity index (χ2v) is 4.06. The molecule has 0 spiro atoms. The molecule has 14 heavy (non-hydrogen) atoms. The van der Waals surface area contributed by atoms with Gasteiger partial charge in [-0.25, -0.2) is 4.79 Å². The lowest BCUT2D eigenvalue weighted by atomic mass is 10.2. The van der Waals surface area contributed by atoms with Crippen molar-refractivity contribution in [2.45, 2.75) is 24.2 Å². The number of hydrogen-bond acceptors (Lipinski definition) is 3. The number of nitrogens with one attached hydrogen (secondary N) is 1. The maximum absolute atomic E-state index is 11.1. The van der Waals surface area contributed by atoms with Crippen molar-refractivity contribution in [3.05, 3.63) is 0 Å². The van der Waals surface area contributed by atoms with E-state index in [0.717, 1.165) is 0 Å². The van der Waals surface area contributed by atoms with Crippen LogP contribution in [-0.2, 0) is 14.4 Å². The smallest absolute Gasteiger partial charge is 0.326 e. The lowest BCUT2D eigenvalue weighted by molar-refractivity contribution is -0.143. The molecule has 0 aliphatic heterocycles. The Morgan fingerprint density at radius 1 is 1.50 bits per heavy atom. The first-order valence-electron chi connectivity index (χ1n) is 3.80. The van der Waals surface area contributed by atoms with Crippen molar-refractivity contribution < 1.29 is 19.5 Å². The summed E-state index contributed by atoms with van der Waals surface area (Å²) in [5, 5.41) is 10.8. The zero-order chi connectivity index (χ0) is 11.3. The summed E-state index contributed by atoms with van der Waals surface area (Å²) >= 11 is 2.96. The molecule has 80 valence electrons. The van der Waals surface area contributed by atoms with Crippen molar-refractivity contribution in [2.75, 3.05) is 0 Å². The van der Waals surface area contributed by atoms with Gasteiger partial charge in [0.25, 0.3) is 0 Å². The first-order valence-corrected chi connectivity index (χ1v) is 4.71. The van der Waals surface area contributed by atoms with Crippen LogP contribution in [-0.4, -0.2) is 33.8 Å². The second-order valence-electron chi connectivity index (χ2n) is 2.69. The number of primary amides is 1. The van der Waals surface area contributed by atoms with Gasteiger partial charge in [0.15, 0.2) is 0 Å². The Bertz CT molecular complexity index is 254. The standard InChI is InChI=1S/C7H11BrN2O4/c1-3(8)6(12)10-4(7(13)14)2-5(9)11/h3-4H,2H2,1H3,(H2,9,11)(H,10,12)(H,13,14). The summed E-state index contributed by atoms with van der Waals surface area (Å²) in [6.07, 6.45) is -0.416. The average Bonchev–Trinajstić information content (AvgIpc) is 2.01. The molecule has 0 bridgehead atoms. The van der Waals surface area contributed by atoms with Crippen molar-refractivity contribution >= 4 is 33.7 Å². The van der Waals surface area contributed by atoms with Gasteiger partial charge in [-0.05, 0) is 6.92 Å². The number of alkyl halides is 1. The van der Waals surface area contributed by atoms with Gasteiger partial charge in [-0.1, -0.05) is 15.9 Å². The van der Waals surface area contributed by atoms with Gasteiger partial charge in [-0.3, -0.25) is 9.59 Å². The molecule has 0 aliphatic rings. The molecule has 0 rings (SSSR count). The van der Waals surface area contributed by atoms with Crippen LogP contribution in [0.3, 0.4) is 0 Å². The molecular formula is C7H11BrN2O4. The van der Waals surface area contributed by atoms with E-state index in [1.165, 1.54) is 0 Å². The number of carboxylic acids is 1. The van der Waals surface area contributed by atoms with Crippen LogP contribution in [0, 0.1) is 0 Å². The Balaban J connectivity index is 4.31. The van der Waals surface area contributed by atoms with Crippen LogP contribution >= 0.6 is 15.9 Å². The number of carboxylic acid groups (broad SMARTS) is 1. The zero-order valence-electron chi connectivity index (χ0n) is 7.49. The van der Waals surface area contributed by atoms with E-state index >= 15 is 0 Å². The van der Waals surface area contributed by atoms with Gasteiger partial charge in [0.2, 0.25) is 11.8 Å². The van der Waals surface area contributed by atoms with Crippen LogP contribution in [0.5, 0.6) is 0 Å². The predicted molar refractivity (Wildman–Crippen MR) is 51.8 cm³/mol. The summed E-state index contributed by atoms with van der Waals surface area (Å²) < 4.78 is 0. The summed E-state index contributed by atoms with van der Waals surface area (Å²) in [7, 11) is 0. The van der Waals surface area contributed by atoms with Gasteiger partial charge in [0.1, 0.15) is 6.04 Å². The fourth-order valence-corrected chi connectivity index (χ4v) is 0.820. The third-order valence-electron chi connectivity index (χ3n) is 1.38. The van der Waals surface area contributed by atoms with E-state index in [1.807, 2.05) is 0 Å². The molecule has 7 heteroatoms. The van der Waals surface area contributed by atoms with Crippen LogP contribution < -0.4 is 11.1 Å². The van der Waals surface area contributed by atoms with Crippen molar-refractivity contribution in [3.63, 3.8) is 0 Å². The third kappa shape index (κ3) is 4.80. The molecule has 0 aromatic rings. The maximum Gasteiger partial charge on any atom is 0.326 e. The Labute approximate surface area is 89.0 Å². The van der Waals surface area contributed by atoms with E-state index in [0.29, 0.717) is 0 Å². The minimum absolute atomic E-state index is 0.416. The Morgan fingerprint density at radius 3 is 2.29 bits per heavy atom. The number of halogens is 1. The predicted octanol–water partition coefficient (Wildman–Crippen LogP) is -0.785. The van der Waals surface area contributed by atoms with Crippen molar-refractivity contribution in [1.29, 1.82) is 0 Å².